The summed E-state index contributed by atoms with van der Waals surface area (Å²) in [4.78, 5) is 25.4. The van der Waals surface area contributed by atoms with Gasteiger partial charge in [0.25, 0.3) is 0 Å². The molecule has 0 saturated carbocycles. The first-order valence-electron chi connectivity index (χ1n) is 12.5. The lowest BCUT2D eigenvalue weighted by molar-refractivity contribution is -0.162. The molecule has 10 heteroatoms. The molecule has 0 fully saturated rings. The molecule has 6 N–H and O–H groups in total. The summed E-state index contributed by atoms with van der Waals surface area (Å²) in [5.74, 6) is -1.24. The summed E-state index contributed by atoms with van der Waals surface area (Å²) in [6, 6.07) is 6.36. The van der Waals surface area contributed by atoms with Crippen molar-refractivity contribution in [1.29, 1.82) is 0 Å². The van der Waals surface area contributed by atoms with Crippen molar-refractivity contribution in [2.75, 3.05) is 39.4 Å². The topological polar surface area (TPSA) is 143 Å². The highest BCUT2D eigenvalue weighted by Crippen LogP contribution is 2.35. The number of benzene rings is 1. The van der Waals surface area contributed by atoms with Crippen molar-refractivity contribution in [2.45, 2.75) is 65.7 Å². The van der Waals surface area contributed by atoms with Crippen LogP contribution in [0.4, 0.5) is 4.39 Å². The molecule has 0 heterocycles. The largest absolute Gasteiger partial charge is 0.462 e. The fraction of sp³-hybridized carbons (Fsp3) is 0.692. The van der Waals surface area contributed by atoms with Crippen LogP contribution in [0.15, 0.2) is 24.3 Å². The maximum atomic E-state index is 13.6. The number of halogens is 1. The summed E-state index contributed by atoms with van der Waals surface area (Å²) >= 11 is 0. The van der Waals surface area contributed by atoms with Crippen molar-refractivity contribution < 1.29 is 33.7 Å². The molecule has 0 bridgehead atoms. The molecule has 1 aromatic carbocycles. The molecule has 3 atom stereocenters. The average molecular weight is 514 g/mol. The molecule has 3 unspecified atom stereocenters. The van der Waals surface area contributed by atoms with Crippen molar-refractivity contribution >= 4 is 11.9 Å². The van der Waals surface area contributed by atoms with Gasteiger partial charge in [0.15, 0.2) is 0 Å². The minimum atomic E-state index is -0.946. The van der Waals surface area contributed by atoms with Gasteiger partial charge in [-0.25, -0.2) is 4.39 Å². The van der Waals surface area contributed by atoms with E-state index in [2.05, 4.69) is 10.6 Å². The highest BCUT2D eigenvalue weighted by Gasteiger charge is 2.38. The standard InChI is InChI=1S/C26H44FN3O6/c1-5-26(4,24(34)36-18-20(31)15-29-13-12-28)11-10-25(2,3)23(33)35-17-21(32)16-30-14-19-8-6-7-9-22(19)27/h6-9,20-21,29-32H,5,10-18,28H2,1-4H3. The van der Waals surface area contributed by atoms with E-state index >= 15 is 0 Å². The van der Waals surface area contributed by atoms with E-state index in [9.17, 15) is 24.2 Å². The van der Waals surface area contributed by atoms with E-state index in [1.54, 1.807) is 39.0 Å². The number of hydrogen-bond donors (Lipinski definition) is 5. The molecular formula is C26H44FN3O6. The molecular weight excluding hydrogens is 469 g/mol. The number of rotatable bonds is 18. The van der Waals surface area contributed by atoms with Crippen LogP contribution in [0.3, 0.4) is 0 Å². The second-order valence-electron chi connectivity index (χ2n) is 10.0. The van der Waals surface area contributed by atoms with Crippen molar-refractivity contribution in [3.63, 3.8) is 0 Å². The van der Waals surface area contributed by atoms with E-state index in [0.717, 1.165) is 0 Å². The Balaban J connectivity index is 2.44. The molecule has 0 radical (unpaired) electrons. The molecule has 206 valence electrons. The molecule has 0 aliphatic carbocycles. The Hall–Kier alpha value is -2.11. The minimum Gasteiger partial charge on any atom is -0.462 e. The molecule has 9 nitrogen and oxygen atoms in total. The van der Waals surface area contributed by atoms with Gasteiger partial charge in [-0.15, -0.1) is 0 Å². The lowest BCUT2D eigenvalue weighted by Gasteiger charge is -2.31. The predicted octanol–water partition coefficient (Wildman–Crippen LogP) is 1.49. The zero-order chi connectivity index (χ0) is 27.2. The summed E-state index contributed by atoms with van der Waals surface area (Å²) in [5, 5.41) is 26.0. The van der Waals surface area contributed by atoms with E-state index in [0.29, 0.717) is 37.9 Å². The molecule has 0 spiro atoms. The van der Waals surface area contributed by atoms with Crippen LogP contribution >= 0.6 is 0 Å². The van der Waals surface area contributed by atoms with Gasteiger partial charge in [0.05, 0.1) is 10.8 Å². The van der Waals surface area contributed by atoms with Crippen molar-refractivity contribution in [2.24, 2.45) is 16.6 Å². The number of nitrogens with one attached hydrogen (secondary N) is 2. The normalized spacial score (nSPS) is 15.1. The smallest absolute Gasteiger partial charge is 0.311 e. The van der Waals surface area contributed by atoms with Gasteiger partial charge in [0.2, 0.25) is 0 Å². The molecule has 36 heavy (non-hydrogen) atoms. The number of carbonyl (C=O) groups excluding carboxylic acids is 2. The minimum absolute atomic E-state index is 0.125. The van der Waals surface area contributed by atoms with Gasteiger partial charge in [0, 0.05) is 38.3 Å². The fourth-order valence-electron chi connectivity index (χ4n) is 3.33. The quantitative estimate of drug-likeness (QED) is 0.146. The van der Waals surface area contributed by atoms with Gasteiger partial charge in [-0.05, 0) is 46.1 Å². The van der Waals surface area contributed by atoms with Gasteiger partial charge in [-0.2, -0.15) is 0 Å². The third-order valence-electron chi connectivity index (χ3n) is 6.30. The summed E-state index contributed by atoms with van der Waals surface area (Å²) < 4.78 is 24.3. The van der Waals surface area contributed by atoms with Gasteiger partial charge < -0.3 is 36.1 Å². The first-order valence-corrected chi connectivity index (χ1v) is 12.5. The van der Waals surface area contributed by atoms with Gasteiger partial charge >= 0.3 is 11.9 Å². The number of hydrogen-bond acceptors (Lipinski definition) is 9. The number of esters is 2. The van der Waals surface area contributed by atoms with E-state index in [4.69, 9.17) is 15.2 Å². The van der Waals surface area contributed by atoms with E-state index in [1.165, 1.54) is 6.07 Å². The average Bonchev–Trinajstić information content (AvgIpc) is 2.85. The van der Waals surface area contributed by atoms with Gasteiger partial charge in [-0.3, -0.25) is 9.59 Å². The Morgan fingerprint density at radius 3 is 2.17 bits per heavy atom. The van der Waals surface area contributed by atoms with Crippen molar-refractivity contribution in [3.05, 3.63) is 35.6 Å². The van der Waals surface area contributed by atoms with Crippen LogP contribution in [0.2, 0.25) is 0 Å². The molecule has 0 aromatic heterocycles. The summed E-state index contributed by atoms with van der Waals surface area (Å²) in [5.41, 5.74) is 4.17. The van der Waals surface area contributed by atoms with Gasteiger partial charge in [-0.1, -0.05) is 25.1 Å². The number of carbonyl (C=O) groups is 2. The second-order valence-corrected chi connectivity index (χ2v) is 10.0. The molecule has 0 amide bonds. The third-order valence-corrected chi connectivity index (χ3v) is 6.30. The van der Waals surface area contributed by atoms with Crippen LogP contribution in [0, 0.1) is 16.6 Å². The first kappa shape index (κ1) is 31.9. The molecule has 1 rings (SSSR count). The highest BCUT2D eigenvalue weighted by molar-refractivity contribution is 5.77. The highest BCUT2D eigenvalue weighted by atomic mass is 19.1. The molecule has 1 aromatic rings. The number of aliphatic hydroxyl groups is 2. The van der Waals surface area contributed by atoms with E-state index in [1.807, 2.05) is 6.92 Å². The lowest BCUT2D eigenvalue weighted by atomic mass is 9.76. The lowest BCUT2D eigenvalue weighted by Crippen LogP contribution is -2.38. The zero-order valence-electron chi connectivity index (χ0n) is 22.0. The third kappa shape index (κ3) is 11.3. The van der Waals surface area contributed by atoms with Crippen LogP contribution in [0.25, 0.3) is 0 Å². The first-order chi connectivity index (χ1) is 16.9. The second kappa shape index (κ2) is 15.9. The monoisotopic (exact) mass is 513 g/mol. The van der Waals surface area contributed by atoms with Crippen LogP contribution < -0.4 is 16.4 Å². The predicted molar refractivity (Wildman–Crippen MR) is 135 cm³/mol. The molecule has 0 saturated heterocycles. The molecule has 0 aliphatic heterocycles. The summed E-state index contributed by atoms with van der Waals surface area (Å²) in [6.45, 7) is 8.45. The Morgan fingerprint density at radius 2 is 1.58 bits per heavy atom. The van der Waals surface area contributed by atoms with E-state index < -0.39 is 35.0 Å². The Kier molecular flexibility index (Phi) is 14.1. The number of nitrogens with two attached hydrogens (primary N) is 1. The van der Waals surface area contributed by atoms with Crippen LogP contribution in [-0.4, -0.2) is 73.8 Å². The zero-order valence-corrected chi connectivity index (χ0v) is 22.0. The van der Waals surface area contributed by atoms with Gasteiger partial charge in [0.1, 0.15) is 31.2 Å². The Morgan fingerprint density at radius 1 is 1.00 bits per heavy atom. The maximum absolute atomic E-state index is 13.6. The van der Waals surface area contributed by atoms with Crippen molar-refractivity contribution in [3.8, 4) is 0 Å². The van der Waals surface area contributed by atoms with E-state index in [-0.39, 0.29) is 38.7 Å². The fourth-order valence-corrected chi connectivity index (χ4v) is 3.33. The van der Waals surface area contributed by atoms with Crippen molar-refractivity contribution in [1.82, 2.24) is 10.6 Å². The maximum Gasteiger partial charge on any atom is 0.311 e. The van der Waals surface area contributed by atoms with Crippen LogP contribution in [0.1, 0.15) is 52.5 Å². The van der Waals surface area contributed by atoms with Crippen LogP contribution in [0.5, 0.6) is 0 Å². The Labute approximate surface area is 213 Å². The summed E-state index contributed by atoms with van der Waals surface area (Å²) in [7, 11) is 0. The Bertz CT molecular complexity index is 810. The summed E-state index contributed by atoms with van der Waals surface area (Å²) in [6.07, 6.45) is -0.518. The van der Waals surface area contributed by atoms with Crippen LogP contribution in [-0.2, 0) is 25.6 Å². The number of ether oxygens (including phenoxy) is 2. The molecule has 0 aliphatic rings. The SMILES string of the molecule is CCC(C)(CCC(C)(C)C(=O)OCC(O)CNCc1ccccc1F)C(=O)OCC(O)CNCCN. The number of aliphatic hydroxyl groups excluding tert-OH is 2.